The van der Waals surface area contributed by atoms with Crippen molar-refractivity contribution in [1.82, 2.24) is 10.1 Å². The fourth-order valence-electron chi connectivity index (χ4n) is 2.93. The van der Waals surface area contributed by atoms with Crippen LogP contribution in [0.25, 0.3) is 0 Å². The highest BCUT2D eigenvalue weighted by atomic mass is 16.5. The Labute approximate surface area is 114 Å². The van der Waals surface area contributed by atoms with E-state index < -0.39 is 0 Å². The van der Waals surface area contributed by atoms with E-state index in [0.29, 0.717) is 17.7 Å². The zero-order valence-corrected chi connectivity index (χ0v) is 11.8. The minimum Gasteiger partial charge on any atom is -0.360 e. The molecule has 3 rings (SSSR count). The average molecular weight is 262 g/mol. The smallest absolute Gasteiger partial charge is 0.276 e. The third kappa shape index (κ3) is 2.67. The number of nitrogens with zero attached hydrogens (tertiary/aromatic N) is 2. The molecule has 0 spiro atoms. The minimum atomic E-state index is 0.00945. The van der Waals surface area contributed by atoms with Gasteiger partial charge in [0.1, 0.15) is 5.76 Å². The van der Waals surface area contributed by atoms with Gasteiger partial charge in [-0.05, 0) is 44.4 Å². The summed E-state index contributed by atoms with van der Waals surface area (Å²) >= 11 is 0. The topological polar surface area (TPSA) is 46.3 Å². The van der Waals surface area contributed by atoms with Crippen molar-refractivity contribution in [1.29, 1.82) is 0 Å². The van der Waals surface area contributed by atoms with Crippen molar-refractivity contribution >= 4 is 5.91 Å². The van der Waals surface area contributed by atoms with Crippen LogP contribution in [0.2, 0.25) is 0 Å². The first-order valence-electron chi connectivity index (χ1n) is 7.39. The second-order valence-corrected chi connectivity index (χ2v) is 6.22. The van der Waals surface area contributed by atoms with E-state index in [2.05, 4.69) is 12.1 Å². The van der Waals surface area contributed by atoms with Gasteiger partial charge in [-0.15, -0.1) is 0 Å². The first-order valence-corrected chi connectivity index (χ1v) is 7.39. The second kappa shape index (κ2) is 4.99. The van der Waals surface area contributed by atoms with Gasteiger partial charge in [0, 0.05) is 25.1 Å². The normalized spacial score (nSPS) is 27.3. The summed E-state index contributed by atoms with van der Waals surface area (Å²) < 4.78 is 5.27. The molecule has 0 aliphatic heterocycles. The van der Waals surface area contributed by atoms with E-state index in [9.17, 15) is 4.79 Å². The Kier molecular flexibility index (Phi) is 3.33. The number of aromatic nitrogens is 1. The Bertz CT molecular complexity index is 456. The fourth-order valence-corrected chi connectivity index (χ4v) is 2.93. The predicted molar refractivity (Wildman–Crippen MR) is 72.0 cm³/mol. The van der Waals surface area contributed by atoms with E-state index in [1.54, 1.807) is 0 Å². The molecule has 19 heavy (non-hydrogen) atoms. The van der Waals surface area contributed by atoms with Crippen LogP contribution in [0, 0.1) is 5.92 Å². The van der Waals surface area contributed by atoms with Crippen molar-refractivity contribution in [2.24, 2.45) is 5.92 Å². The number of carbonyl (C=O) groups is 1. The van der Waals surface area contributed by atoms with Crippen LogP contribution in [0.15, 0.2) is 10.6 Å². The van der Waals surface area contributed by atoms with E-state index in [1.165, 1.54) is 25.7 Å². The molecule has 0 aromatic carbocycles. The van der Waals surface area contributed by atoms with Gasteiger partial charge in [-0.1, -0.05) is 12.1 Å². The summed E-state index contributed by atoms with van der Waals surface area (Å²) in [6.45, 7) is 2.29. The molecule has 104 valence electrons. The third-order valence-electron chi connectivity index (χ3n) is 4.58. The maximum absolute atomic E-state index is 12.4. The molecule has 1 amide bonds. The molecule has 2 fully saturated rings. The number of hydrogen-bond acceptors (Lipinski definition) is 3. The monoisotopic (exact) mass is 262 g/mol. The molecule has 0 bridgehead atoms. The Morgan fingerprint density at radius 2 is 1.95 bits per heavy atom. The highest BCUT2D eigenvalue weighted by Gasteiger charge is 2.31. The Hall–Kier alpha value is -1.32. The van der Waals surface area contributed by atoms with E-state index in [0.717, 1.165) is 24.5 Å². The molecule has 0 saturated heterocycles. The lowest BCUT2D eigenvalue weighted by molar-refractivity contribution is 0.0669. The quantitative estimate of drug-likeness (QED) is 0.840. The van der Waals surface area contributed by atoms with Crippen molar-refractivity contribution in [2.75, 3.05) is 7.05 Å². The Balaban J connectivity index is 1.64. The van der Waals surface area contributed by atoms with Crippen LogP contribution in [0.3, 0.4) is 0 Å². The molecule has 1 aromatic heterocycles. The van der Waals surface area contributed by atoms with Crippen molar-refractivity contribution in [3.05, 3.63) is 17.5 Å². The van der Waals surface area contributed by atoms with Gasteiger partial charge in [-0.25, -0.2) is 0 Å². The summed E-state index contributed by atoms with van der Waals surface area (Å²) in [5, 5.41) is 3.94. The largest absolute Gasteiger partial charge is 0.360 e. The van der Waals surface area contributed by atoms with Gasteiger partial charge in [0.2, 0.25) is 0 Å². The van der Waals surface area contributed by atoms with E-state index in [4.69, 9.17) is 4.52 Å². The van der Waals surface area contributed by atoms with Crippen LogP contribution in [0.1, 0.15) is 67.6 Å². The molecule has 2 aliphatic rings. The van der Waals surface area contributed by atoms with Crippen LogP contribution >= 0.6 is 0 Å². The predicted octanol–water partition coefficient (Wildman–Crippen LogP) is 3.20. The lowest BCUT2D eigenvalue weighted by Gasteiger charge is -2.33. The number of hydrogen-bond donors (Lipinski definition) is 0. The first-order chi connectivity index (χ1) is 9.15. The zero-order valence-electron chi connectivity index (χ0n) is 11.8. The van der Waals surface area contributed by atoms with E-state index in [1.807, 2.05) is 18.0 Å². The first kappa shape index (κ1) is 12.7. The van der Waals surface area contributed by atoms with Crippen LogP contribution in [-0.2, 0) is 0 Å². The standard InChI is InChI=1S/C15H22N2O2/c1-10-3-7-12(8-4-10)17(2)15(18)13-9-14(19-16-13)11-5-6-11/h9-12H,3-8H2,1-2H3. The zero-order chi connectivity index (χ0) is 13.4. The van der Waals surface area contributed by atoms with Gasteiger partial charge in [0.15, 0.2) is 5.69 Å². The summed E-state index contributed by atoms with van der Waals surface area (Å²) in [4.78, 5) is 14.2. The van der Waals surface area contributed by atoms with Crippen molar-refractivity contribution in [2.45, 2.75) is 57.4 Å². The SMILES string of the molecule is CC1CCC(N(C)C(=O)c2cc(C3CC3)on2)CC1. The van der Waals surface area contributed by atoms with Crippen molar-refractivity contribution in [3.8, 4) is 0 Å². The van der Waals surface area contributed by atoms with Gasteiger partial charge in [0.05, 0.1) is 0 Å². The molecule has 2 saturated carbocycles. The van der Waals surface area contributed by atoms with Crippen LogP contribution in [-0.4, -0.2) is 29.1 Å². The molecular formula is C15H22N2O2. The molecule has 1 heterocycles. The molecule has 4 nitrogen and oxygen atoms in total. The molecule has 4 heteroatoms. The molecule has 0 atom stereocenters. The Morgan fingerprint density at radius 3 is 2.58 bits per heavy atom. The van der Waals surface area contributed by atoms with Crippen molar-refractivity contribution in [3.63, 3.8) is 0 Å². The summed E-state index contributed by atoms with van der Waals surface area (Å²) in [5.41, 5.74) is 0.475. The van der Waals surface area contributed by atoms with E-state index >= 15 is 0 Å². The maximum Gasteiger partial charge on any atom is 0.276 e. The van der Waals surface area contributed by atoms with Gasteiger partial charge in [0.25, 0.3) is 5.91 Å². The lowest BCUT2D eigenvalue weighted by Crippen LogP contribution is -2.39. The molecule has 2 aliphatic carbocycles. The van der Waals surface area contributed by atoms with Gasteiger partial charge in [-0.2, -0.15) is 0 Å². The van der Waals surface area contributed by atoms with Gasteiger partial charge < -0.3 is 9.42 Å². The summed E-state index contributed by atoms with van der Waals surface area (Å²) in [5.74, 6) is 2.20. The molecular weight excluding hydrogens is 240 g/mol. The number of rotatable bonds is 3. The van der Waals surface area contributed by atoms with Gasteiger partial charge >= 0.3 is 0 Å². The van der Waals surface area contributed by atoms with E-state index in [-0.39, 0.29) is 5.91 Å². The summed E-state index contributed by atoms with van der Waals surface area (Å²) in [6, 6.07) is 2.20. The van der Waals surface area contributed by atoms with Crippen LogP contribution in [0.5, 0.6) is 0 Å². The molecule has 0 radical (unpaired) electrons. The molecule has 0 N–H and O–H groups in total. The summed E-state index contributed by atoms with van der Waals surface area (Å²) in [7, 11) is 1.90. The Morgan fingerprint density at radius 1 is 1.26 bits per heavy atom. The minimum absolute atomic E-state index is 0.00945. The highest BCUT2D eigenvalue weighted by molar-refractivity contribution is 5.92. The lowest BCUT2D eigenvalue weighted by atomic mass is 9.86. The third-order valence-corrected chi connectivity index (χ3v) is 4.58. The molecule has 0 unspecified atom stereocenters. The number of carbonyl (C=O) groups excluding carboxylic acids is 1. The summed E-state index contributed by atoms with van der Waals surface area (Å²) in [6.07, 6.45) is 6.98. The highest BCUT2D eigenvalue weighted by Crippen LogP contribution is 2.40. The van der Waals surface area contributed by atoms with Crippen LogP contribution < -0.4 is 0 Å². The van der Waals surface area contributed by atoms with Crippen LogP contribution in [0.4, 0.5) is 0 Å². The second-order valence-electron chi connectivity index (χ2n) is 6.22. The fraction of sp³-hybridized carbons (Fsp3) is 0.733. The average Bonchev–Trinajstić information content (AvgIpc) is 3.16. The number of amides is 1. The van der Waals surface area contributed by atoms with Gasteiger partial charge in [-0.3, -0.25) is 4.79 Å². The molecule has 1 aromatic rings. The maximum atomic E-state index is 12.4. The van der Waals surface area contributed by atoms with Crippen molar-refractivity contribution < 1.29 is 9.32 Å².